The summed E-state index contributed by atoms with van der Waals surface area (Å²) >= 11 is 0. The molecule has 0 spiro atoms. The molecule has 19 heavy (non-hydrogen) atoms. The van der Waals surface area contributed by atoms with E-state index >= 15 is 0 Å². The number of hydrogen-bond acceptors (Lipinski definition) is 4. The van der Waals surface area contributed by atoms with E-state index in [0.29, 0.717) is 23.7 Å². The van der Waals surface area contributed by atoms with Gasteiger partial charge in [-0.2, -0.15) is 5.10 Å². The van der Waals surface area contributed by atoms with E-state index in [4.69, 9.17) is 4.74 Å². The SMILES string of the molecule is CCNCc1cc(F)cnc1Oc1cnn(CC)c1. The zero-order valence-electron chi connectivity index (χ0n) is 11.1. The van der Waals surface area contributed by atoms with Crippen LogP contribution >= 0.6 is 0 Å². The molecule has 0 aliphatic rings. The van der Waals surface area contributed by atoms with E-state index in [1.165, 1.54) is 6.07 Å². The summed E-state index contributed by atoms with van der Waals surface area (Å²) in [4.78, 5) is 3.99. The molecule has 0 amide bonds. The van der Waals surface area contributed by atoms with Gasteiger partial charge in [-0.15, -0.1) is 0 Å². The molecule has 0 radical (unpaired) electrons. The van der Waals surface area contributed by atoms with Gasteiger partial charge in [0.2, 0.25) is 5.88 Å². The molecule has 0 bridgehead atoms. The van der Waals surface area contributed by atoms with Crippen molar-refractivity contribution >= 4 is 0 Å². The predicted molar refractivity (Wildman–Crippen MR) is 69.6 cm³/mol. The van der Waals surface area contributed by atoms with E-state index in [1.54, 1.807) is 17.1 Å². The first-order valence-electron chi connectivity index (χ1n) is 6.28. The van der Waals surface area contributed by atoms with Crippen molar-refractivity contribution in [3.8, 4) is 11.6 Å². The van der Waals surface area contributed by atoms with E-state index in [0.717, 1.165) is 19.3 Å². The third-order valence-electron chi connectivity index (χ3n) is 2.61. The molecule has 0 aliphatic carbocycles. The first-order chi connectivity index (χ1) is 9.22. The quantitative estimate of drug-likeness (QED) is 0.870. The van der Waals surface area contributed by atoms with E-state index in [9.17, 15) is 4.39 Å². The Morgan fingerprint density at radius 3 is 2.89 bits per heavy atom. The molecule has 2 heterocycles. The lowest BCUT2D eigenvalue weighted by Gasteiger charge is -2.08. The van der Waals surface area contributed by atoms with Gasteiger partial charge in [-0.1, -0.05) is 6.92 Å². The Hall–Kier alpha value is -1.95. The molecule has 0 fully saturated rings. The highest BCUT2D eigenvalue weighted by atomic mass is 19.1. The van der Waals surface area contributed by atoms with Gasteiger partial charge in [0.1, 0.15) is 5.82 Å². The number of halogens is 1. The number of hydrogen-bond donors (Lipinski definition) is 1. The van der Waals surface area contributed by atoms with Crippen LogP contribution in [0.15, 0.2) is 24.7 Å². The fourth-order valence-corrected chi connectivity index (χ4v) is 1.63. The van der Waals surface area contributed by atoms with Crippen LogP contribution in [0.4, 0.5) is 4.39 Å². The molecule has 0 unspecified atom stereocenters. The van der Waals surface area contributed by atoms with Crippen molar-refractivity contribution in [2.45, 2.75) is 26.9 Å². The van der Waals surface area contributed by atoms with Crippen molar-refractivity contribution in [2.24, 2.45) is 0 Å². The molecule has 0 aliphatic heterocycles. The van der Waals surface area contributed by atoms with Crippen LogP contribution in [0.3, 0.4) is 0 Å². The van der Waals surface area contributed by atoms with Gasteiger partial charge in [0.15, 0.2) is 5.75 Å². The van der Waals surface area contributed by atoms with Crippen molar-refractivity contribution in [1.29, 1.82) is 0 Å². The molecule has 1 N–H and O–H groups in total. The Balaban J connectivity index is 2.18. The third-order valence-corrected chi connectivity index (χ3v) is 2.61. The number of aromatic nitrogens is 3. The van der Waals surface area contributed by atoms with Gasteiger partial charge in [-0.25, -0.2) is 9.37 Å². The Kier molecular flexibility index (Phi) is 4.46. The Morgan fingerprint density at radius 1 is 1.37 bits per heavy atom. The van der Waals surface area contributed by atoms with Gasteiger partial charge < -0.3 is 10.1 Å². The van der Waals surface area contributed by atoms with Crippen LogP contribution in [0.5, 0.6) is 11.6 Å². The highest BCUT2D eigenvalue weighted by Crippen LogP contribution is 2.23. The highest BCUT2D eigenvalue weighted by molar-refractivity contribution is 5.30. The number of pyridine rings is 1. The van der Waals surface area contributed by atoms with E-state index < -0.39 is 0 Å². The molecule has 2 aromatic heterocycles. The summed E-state index contributed by atoms with van der Waals surface area (Å²) in [5.41, 5.74) is 0.686. The second-order valence-electron chi connectivity index (χ2n) is 4.03. The smallest absolute Gasteiger partial charge is 0.224 e. The van der Waals surface area contributed by atoms with Crippen LogP contribution in [-0.2, 0) is 13.1 Å². The summed E-state index contributed by atoms with van der Waals surface area (Å²) in [6, 6.07) is 1.43. The van der Waals surface area contributed by atoms with Crippen molar-refractivity contribution in [2.75, 3.05) is 6.54 Å². The highest BCUT2D eigenvalue weighted by Gasteiger charge is 2.09. The van der Waals surface area contributed by atoms with Crippen LogP contribution in [0.1, 0.15) is 19.4 Å². The average Bonchev–Trinajstić information content (AvgIpc) is 2.86. The fraction of sp³-hybridized carbons (Fsp3) is 0.385. The van der Waals surface area contributed by atoms with Gasteiger partial charge in [-0.3, -0.25) is 4.68 Å². The van der Waals surface area contributed by atoms with Crippen molar-refractivity contribution < 1.29 is 9.13 Å². The second kappa shape index (κ2) is 6.29. The number of nitrogens with zero attached hydrogens (tertiary/aromatic N) is 3. The zero-order valence-corrected chi connectivity index (χ0v) is 11.1. The molecule has 0 atom stereocenters. The maximum atomic E-state index is 13.2. The lowest BCUT2D eigenvalue weighted by Crippen LogP contribution is -2.13. The molecule has 0 saturated carbocycles. The van der Waals surface area contributed by atoms with Crippen LogP contribution in [0.2, 0.25) is 0 Å². The summed E-state index contributed by atoms with van der Waals surface area (Å²) in [5.74, 6) is 0.626. The molecule has 0 saturated heterocycles. The molecule has 102 valence electrons. The number of rotatable bonds is 6. The van der Waals surface area contributed by atoms with Crippen molar-refractivity contribution in [3.05, 3.63) is 36.0 Å². The molecule has 5 nitrogen and oxygen atoms in total. The van der Waals surface area contributed by atoms with Crippen LogP contribution < -0.4 is 10.1 Å². The van der Waals surface area contributed by atoms with E-state index in [-0.39, 0.29) is 5.82 Å². The molecule has 6 heteroatoms. The number of ether oxygens (including phenoxy) is 1. The van der Waals surface area contributed by atoms with Crippen molar-refractivity contribution in [3.63, 3.8) is 0 Å². The zero-order chi connectivity index (χ0) is 13.7. The lowest BCUT2D eigenvalue weighted by atomic mass is 10.2. The maximum Gasteiger partial charge on any atom is 0.224 e. The Morgan fingerprint density at radius 2 is 2.21 bits per heavy atom. The van der Waals surface area contributed by atoms with Crippen molar-refractivity contribution in [1.82, 2.24) is 20.1 Å². The van der Waals surface area contributed by atoms with E-state index in [2.05, 4.69) is 15.4 Å². The van der Waals surface area contributed by atoms with E-state index in [1.807, 2.05) is 13.8 Å². The van der Waals surface area contributed by atoms with Crippen LogP contribution in [0, 0.1) is 5.82 Å². The first kappa shape index (κ1) is 13.5. The molecular weight excluding hydrogens is 247 g/mol. The normalized spacial score (nSPS) is 10.7. The minimum atomic E-state index is -0.371. The number of aryl methyl sites for hydroxylation is 1. The first-order valence-corrected chi connectivity index (χ1v) is 6.28. The minimum absolute atomic E-state index is 0.371. The molecule has 2 rings (SSSR count). The summed E-state index contributed by atoms with van der Waals surface area (Å²) < 4.78 is 20.6. The second-order valence-corrected chi connectivity index (χ2v) is 4.03. The molecule has 0 aromatic carbocycles. The summed E-state index contributed by atoms with van der Waals surface area (Å²) in [6.45, 7) is 6.05. The van der Waals surface area contributed by atoms with Gasteiger partial charge >= 0.3 is 0 Å². The largest absolute Gasteiger partial charge is 0.435 e. The minimum Gasteiger partial charge on any atom is -0.435 e. The molecule has 2 aromatic rings. The Labute approximate surface area is 111 Å². The Bertz CT molecular complexity index is 541. The summed E-state index contributed by atoms with van der Waals surface area (Å²) in [6.07, 6.45) is 4.54. The average molecular weight is 264 g/mol. The van der Waals surface area contributed by atoms with Gasteiger partial charge in [0.25, 0.3) is 0 Å². The van der Waals surface area contributed by atoms with Gasteiger partial charge in [0.05, 0.1) is 18.6 Å². The third kappa shape index (κ3) is 3.51. The standard InChI is InChI=1S/C13H17FN4O/c1-3-15-6-10-5-11(14)7-16-13(10)19-12-8-17-18(4-2)9-12/h5,7-9,15H,3-4,6H2,1-2H3. The lowest BCUT2D eigenvalue weighted by molar-refractivity contribution is 0.448. The maximum absolute atomic E-state index is 13.2. The van der Waals surface area contributed by atoms with Gasteiger partial charge in [0, 0.05) is 18.7 Å². The monoisotopic (exact) mass is 264 g/mol. The van der Waals surface area contributed by atoms with Crippen LogP contribution in [-0.4, -0.2) is 21.3 Å². The summed E-state index contributed by atoms with van der Waals surface area (Å²) in [5, 5.41) is 7.24. The number of nitrogens with one attached hydrogen (secondary N) is 1. The van der Waals surface area contributed by atoms with Crippen LogP contribution in [0.25, 0.3) is 0 Å². The molecular formula is C13H17FN4O. The summed E-state index contributed by atoms with van der Waals surface area (Å²) in [7, 11) is 0. The fourth-order valence-electron chi connectivity index (χ4n) is 1.63. The van der Waals surface area contributed by atoms with Gasteiger partial charge in [-0.05, 0) is 19.5 Å². The topological polar surface area (TPSA) is 52.0 Å². The predicted octanol–water partition coefficient (Wildman–Crippen LogP) is 2.34.